The molecule has 0 unspecified atom stereocenters. The molecule has 11 heteroatoms. The number of pyridine rings is 1. The Hall–Kier alpha value is -3.99. The van der Waals surface area contributed by atoms with Crippen LogP contribution in [0.4, 0.5) is 21.6 Å². The molecule has 0 spiro atoms. The van der Waals surface area contributed by atoms with Crippen LogP contribution in [0.5, 0.6) is 5.75 Å². The molecule has 2 amide bonds. The van der Waals surface area contributed by atoms with E-state index in [4.69, 9.17) is 4.74 Å². The van der Waals surface area contributed by atoms with Crippen molar-refractivity contribution in [2.75, 3.05) is 31.0 Å². The van der Waals surface area contributed by atoms with E-state index in [9.17, 15) is 22.4 Å². The minimum Gasteiger partial charge on any atom is -0.494 e. The van der Waals surface area contributed by atoms with E-state index in [1.807, 2.05) is 0 Å². The second kappa shape index (κ2) is 9.94. The number of methoxy groups -OCH3 is 1. The number of carbonyl (C=O) groups is 2. The first kappa shape index (κ1) is 25.1. The van der Waals surface area contributed by atoms with Crippen LogP contribution in [0.1, 0.15) is 23.2 Å². The molecule has 4 rings (SSSR count). The molecular formula is C25H25FN4O5S. The summed E-state index contributed by atoms with van der Waals surface area (Å²) in [4.78, 5) is 29.0. The Balaban J connectivity index is 1.75. The molecule has 2 aromatic carbocycles. The highest BCUT2D eigenvalue weighted by molar-refractivity contribution is 7.90. The first-order valence-corrected chi connectivity index (χ1v) is 13.0. The van der Waals surface area contributed by atoms with Gasteiger partial charge in [0.1, 0.15) is 17.4 Å². The lowest BCUT2D eigenvalue weighted by molar-refractivity contribution is -0.117. The Kier molecular flexibility index (Phi) is 6.93. The normalized spacial score (nSPS) is 13.1. The lowest BCUT2D eigenvalue weighted by Gasteiger charge is -2.18. The van der Waals surface area contributed by atoms with Crippen LogP contribution in [0.15, 0.2) is 53.6 Å². The zero-order chi connectivity index (χ0) is 26.0. The van der Waals surface area contributed by atoms with Gasteiger partial charge in [-0.25, -0.2) is 17.8 Å². The number of ether oxygens (including phenoxy) is 1. The average molecular weight is 513 g/mol. The minimum absolute atomic E-state index is 0.0400. The summed E-state index contributed by atoms with van der Waals surface area (Å²) in [7, 11) is -0.511. The van der Waals surface area contributed by atoms with Crippen LogP contribution in [0.2, 0.25) is 0 Å². The van der Waals surface area contributed by atoms with Crippen LogP contribution in [-0.4, -0.2) is 45.6 Å². The molecule has 1 fully saturated rings. The Morgan fingerprint density at radius 2 is 1.78 bits per heavy atom. The molecule has 1 aliphatic carbocycles. The molecule has 1 aliphatic rings. The first-order valence-electron chi connectivity index (χ1n) is 11.1. The number of benzene rings is 2. The van der Waals surface area contributed by atoms with Gasteiger partial charge in [0.2, 0.25) is 5.91 Å². The molecule has 36 heavy (non-hydrogen) atoms. The monoisotopic (exact) mass is 512 g/mol. The van der Waals surface area contributed by atoms with E-state index in [1.165, 1.54) is 50.7 Å². The largest absolute Gasteiger partial charge is 0.494 e. The second-order valence-electron chi connectivity index (χ2n) is 8.41. The molecule has 3 aromatic rings. The van der Waals surface area contributed by atoms with Gasteiger partial charge in [-0.05, 0) is 36.6 Å². The fourth-order valence-corrected chi connectivity index (χ4v) is 4.29. The van der Waals surface area contributed by atoms with Gasteiger partial charge in [0.15, 0.2) is 9.84 Å². The molecule has 1 saturated carbocycles. The molecular weight excluding hydrogens is 487 g/mol. The number of anilines is 3. The lowest BCUT2D eigenvalue weighted by atomic mass is 10.0. The fourth-order valence-electron chi connectivity index (χ4n) is 3.66. The van der Waals surface area contributed by atoms with E-state index in [0.717, 1.165) is 19.1 Å². The summed E-state index contributed by atoms with van der Waals surface area (Å²) in [6.45, 7) is 0. The van der Waals surface area contributed by atoms with Gasteiger partial charge in [-0.1, -0.05) is 12.1 Å². The van der Waals surface area contributed by atoms with Crippen LogP contribution >= 0.6 is 0 Å². The maximum Gasteiger partial charge on any atom is 0.254 e. The summed E-state index contributed by atoms with van der Waals surface area (Å²) in [5.74, 6) is -0.692. The summed E-state index contributed by atoms with van der Waals surface area (Å²) in [6, 6.07) is 9.97. The highest BCUT2D eigenvalue weighted by Crippen LogP contribution is 2.40. The van der Waals surface area contributed by atoms with Crippen molar-refractivity contribution in [3.8, 4) is 16.9 Å². The Morgan fingerprint density at radius 1 is 1.08 bits per heavy atom. The van der Waals surface area contributed by atoms with Crippen molar-refractivity contribution in [1.82, 2.24) is 10.3 Å². The van der Waals surface area contributed by atoms with E-state index < -0.39 is 21.6 Å². The third-order valence-corrected chi connectivity index (χ3v) is 6.82. The number of hydrogen-bond donors (Lipinski definition) is 3. The topological polar surface area (TPSA) is 126 Å². The van der Waals surface area contributed by atoms with E-state index >= 15 is 0 Å². The van der Waals surface area contributed by atoms with E-state index in [1.54, 1.807) is 12.1 Å². The summed E-state index contributed by atoms with van der Waals surface area (Å²) in [5, 5.41) is 8.30. The van der Waals surface area contributed by atoms with Crippen LogP contribution in [0.25, 0.3) is 11.1 Å². The van der Waals surface area contributed by atoms with Crippen LogP contribution in [0.3, 0.4) is 0 Å². The number of aromatic nitrogens is 1. The van der Waals surface area contributed by atoms with Gasteiger partial charge in [0, 0.05) is 43.1 Å². The minimum atomic E-state index is -3.40. The molecule has 0 saturated heterocycles. The number of rotatable bonds is 8. The number of carbonyl (C=O) groups excluding carboxylic acids is 2. The van der Waals surface area contributed by atoms with Gasteiger partial charge in [-0.2, -0.15) is 0 Å². The SMILES string of the molecule is CNC(=O)c1cnc(NC(=O)C2CC2)cc1Nc1cc(F)cc(-c2ccc(S(C)(=O)=O)cc2)c1OC. The van der Waals surface area contributed by atoms with Gasteiger partial charge < -0.3 is 20.7 Å². The predicted octanol–water partition coefficient (Wildman–Crippen LogP) is 3.75. The van der Waals surface area contributed by atoms with Gasteiger partial charge >= 0.3 is 0 Å². The van der Waals surface area contributed by atoms with Crippen molar-refractivity contribution >= 4 is 38.8 Å². The zero-order valence-corrected chi connectivity index (χ0v) is 20.7. The van der Waals surface area contributed by atoms with E-state index in [2.05, 4.69) is 20.9 Å². The van der Waals surface area contributed by atoms with Crippen LogP contribution in [0, 0.1) is 11.7 Å². The Labute approximate surface area is 208 Å². The van der Waals surface area contributed by atoms with Crippen molar-refractivity contribution in [3.05, 3.63) is 60.0 Å². The first-order chi connectivity index (χ1) is 17.1. The van der Waals surface area contributed by atoms with E-state index in [-0.39, 0.29) is 45.2 Å². The standard InChI is InChI=1S/C25H25FN4O5S/c1-27-25(32)19-13-28-22(30-24(31)15-4-5-15)12-20(19)29-21-11-16(26)10-18(23(21)35-2)14-6-8-17(9-7-14)36(3,33)34/h6-13,15H,4-5H2,1-3H3,(H,27,32)(H2,28,29,30,31). The van der Waals surface area contributed by atoms with Gasteiger partial charge in [0.05, 0.1) is 28.9 Å². The number of nitrogens with one attached hydrogen (secondary N) is 3. The Bertz CT molecular complexity index is 1440. The molecule has 0 atom stereocenters. The lowest BCUT2D eigenvalue weighted by Crippen LogP contribution is -2.20. The van der Waals surface area contributed by atoms with E-state index in [0.29, 0.717) is 11.1 Å². The summed E-state index contributed by atoms with van der Waals surface area (Å²) in [5.41, 5.74) is 1.57. The highest BCUT2D eigenvalue weighted by atomic mass is 32.2. The van der Waals surface area contributed by atoms with Crippen molar-refractivity contribution in [2.45, 2.75) is 17.7 Å². The summed E-state index contributed by atoms with van der Waals surface area (Å²) < 4.78 is 43.9. The number of halogens is 1. The van der Waals surface area contributed by atoms with Gasteiger partial charge in [-0.15, -0.1) is 0 Å². The molecule has 9 nitrogen and oxygen atoms in total. The maximum atomic E-state index is 14.7. The zero-order valence-electron chi connectivity index (χ0n) is 19.9. The smallest absolute Gasteiger partial charge is 0.254 e. The van der Waals surface area contributed by atoms with Crippen molar-refractivity contribution in [3.63, 3.8) is 0 Å². The van der Waals surface area contributed by atoms with Crippen molar-refractivity contribution in [1.29, 1.82) is 0 Å². The molecule has 188 valence electrons. The number of hydrogen-bond acceptors (Lipinski definition) is 7. The highest BCUT2D eigenvalue weighted by Gasteiger charge is 2.30. The quantitative estimate of drug-likeness (QED) is 0.420. The molecule has 3 N–H and O–H groups in total. The molecule has 0 aliphatic heterocycles. The van der Waals surface area contributed by atoms with Gasteiger partial charge in [-0.3, -0.25) is 9.59 Å². The molecule has 0 bridgehead atoms. The van der Waals surface area contributed by atoms with Gasteiger partial charge in [0.25, 0.3) is 5.91 Å². The van der Waals surface area contributed by atoms with Crippen LogP contribution < -0.4 is 20.7 Å². The second-order valence-corrected chi connectivity index (χ2v) is 10.4. The average Bonchev–Trinajstić information content (AvgIpc) is 3.69. The number of sulfone groups is 1. The molecule has 1 heterocycles. The number of nitrogens with zero attached hydrogens (tertiary/aromatic N) is 1. The Morgan fingerprint density at radius 3 is 2.36 bits per heavy atom. The van der Waals surface area contributed by atoms with Crippen LogP contribution in [-0.2, 0) is 14.6 Å². The molecule has 1 aromatic heterocycles. The predicted molar refractivity (Wildman–Crippen MR) is 134 cm³/mol. The summed E-state index contributed by atoms with van der Waals surface area (Å²) >= 11 is 0. The number of amides is 2. The third kappa shape index (κ3) is 5.46. The third-order valence-electron chi connectivity index (χ3n) is 5.70. The molecule has 0 radical (unpaired) electrons. The fraction of sp³-hybridized carbons (Fsp3) is 0.240. The van der Waals surface area contributed by atoms with Crippen molar-refractivity contribution < 1.29 is 27.1 Å². The van der Waals surface area contributed by atoms with Crippen molar-refractivity contribution in [2.24, 2.45) is 5.92 Å². The summed E-state index contributed by atoms with van der Waals surface area (Å²) in [6.07, 6.45) is 4.07. The maximum absolute atomic E-state index is 14.7.